The van der Waals surface area contributed by atoms with Gasteiger partial charge < -0.3 is 16.0 Å². The summed E-state index contributed by atoms with van der Waals surface area (Å²) < 4.78 is 0. The van der Waals surface area contributed by atoms with Crippen LogP contribution < -0.4 is 16.0 Å². The van der Waals surface area contributed by atoms with Gasteiger partial charge in [-0.1, -0.05) is 19.9 Å². The van der Waals surface area contributed by atoms with Crippen molar-refractivity contribution in [3.05, 3.63) is 23.8 Å². The van der Waals surface area contributed by atoms with Crippen molar-refractivity contribution >= 4 is 40.5 Å². The van der Waals surface area contributed by atoms with Gasteiger partial charge in [0.2, 0.25) is 11.8 Å². The van der Waals surface area contributed by atoms with Crippen LogP contribution in [0.1, 0.15) is 32.8 Å². The van der Waals surface area contributed by atoms with E-state index in [0.29, 0.717) is 17.8 Å². The van der Waals surface area contributed by atoms with Gasteiger partial charge in [0.05, 0.1) is 0 Å². The first kappa shape index (κ1) is 17.1. The first-order valence-corrected chi connectivity index (χ1v) is 7.18. The lowest BCUT2D eigenvalue weighted by molar-refractivity contribution is -0.120. The van der Waals surface area contributed by atoms with Crippen LogP contribution in [0.25, 0.3) is 0 Å². The van der Waals surface area contributed by atoms with Gasteiger partial charge in [-0.2, -0.15) is 0 Å². The summed E-state index contributed by atoms with van der Waals surface area (Å²) in [4.78, 5) is 22.8. The number of nitrogens with one attached hydrogen (secondary N) is 3. The number of hydrogen-bond donors (Lipinski definition) is 3. The fraction of sp³-hybridized carbons (Fsp3) is 0.400. The predicted octanol–water partition coefficient (Wildman–Crippen LogP) is 2.81. The Hall–Kier alpha value is -1.95. The van der Waals surface area contributed by atoms with Gasteiger partial charge in [0, 0.05) is 24.7 Å². The highest BCUT2D eigenvalue weighted by Crippen LogP contribution is 2.20. The fourth-order valence-electron chi connectivity index (χ4n) is 1.73. The first-order valence-electron chi connectivity index (χ1n) is 6.77. The molecular formula is C15H21N3O2S. The van der Waals surface area contributed by atoms with Crippen LogP contribution in [0, 0.1) is 12.8 Å². The normalized spacial score (nSPS) is 10.1. The zero-order valence-electron chi connectivity index (χ0n) is 12.7. The number of amides is 2. The third-order valence-electron chi connectivity index (χ3n) is 2.65. The van der Waals surface area contributed by atoms with Gasteiger partial charge in [-0.15, -0.1) is 0 Å². The van der Waals surface area contributed by atoms with E-state index in [0.717, 1.165) is 5.56 Å². The number of benzene rings is 1. The molecule has 0 aliphatic heterocycles. The molecule has 6 heteroatoms. The van der Waals surface area contributed by atoms with Crippen molar-refractivity contribution in [3.63, 3.8) is 0 Å². The molecule has 1 rings (SSSR count). The summed E-state index contributed by atoms with van der Waals surface area (Å²) in [6.45, 7) is 7.29. The second-order valence-corrected chi connectivity index (χ2v) is 5.72. The zero-order valence-corrected chi connectivity index (χ0v) is 13.6. The van der Waals surface area contributed by atoms with E-state index in [1.165, 1.54) is 6.92 Å². The van der Waals surface area contributed by atoms with Crippen LogP contribution in [0.3, 0.4) is 0 Å². The van der Waals surface area contributed by atoms with Gasteiger partial charge in [-0.05, 0) is 42.8 Å². The van der Waals surface area contributed by atoms with Gasteiger partial charge in [0.25, 0.3) is 0 Å². The Labute approximate surface area is 130 Å². The van der Waals surface area contributed by atoms with Crippen molar-refractivity contribution in [2.75, 3.05) is 10.6 Å². The minimum Gasteiger partial charge on any atom is -0.332 e. The van der Waals surface area contributed by atoms with Crippen LogP contribution in [-0.4, -0.2) is 16.9 Å². The lowest BCUT2D eigenvalue weighted by Crippen LogP contribution is -2.34. The summed E-state index contributed by atoms with van der Waals surface area (Å²) in [6.07, 6.45) is 0.423. The standard InChI is InChI=1S/C15H21N3O2S/c1-9(2)7-14(20)18-15(21)17-12-6-5-10(3)13(8-12)16-11(4)19/h5-6,8-9H,7H2,1-4H3,(H,16,19)(H2,17,18,20,21). The molecule has 0 saturated heterocycles. The fourth-order valence-corrected chi connectivity index (χ4v) is 1.97. The minimum atomic E-state index is -0.136. The molecule has 1 aromatic rings. The summed E-state index contributed by atoms with van der Waals surface area (Å²) in [5, 5.41) is 8.56. The van der Waals surface area contributed by atoms with Crippen LogP contribution in [0.15, 0.2) is 18.2 Å². The molecule has 0 radical (unpaired) electrons. The Bertz CT molecular complexity index is 556. The number of hydrogen-bond acceptors (Lipinski definition) is 3. The third-order valence-corrected chi connectivity index (χ3v) is 2.86. The maximum atomic E-state index is 11.6. The van der Waals surface area contributed by atoms with Crippen molar-refractivity contribution in [3.8, 4) is 0 Å². The Morgan fingerprint density at radius 2 is 1.90 bits per heavy atom. The maximum absolute atomic E-state index is 11.6. The quantitative estimate of drug-likeness (QED) is 0.748. The van der Waals surface area contributed by atoms with E-state index >= 15 is 0 Å². The number of anilines is 2. The molecule has 0 bridgehead atoms. The molecule has 0 aliphatic rings. The molecule has 0 atom stereocenters. The lowest BCUT2D eigenvalue weighted by Gasteiger charge is -2.13. The van der Waals surface area contributed by atoms with E-state index in [1.54, 1.807) is 6.07 Å². The highest BCUT2D eigenvalue weighted by molar-refractivity contribution is 7.80. The van der Waals surface area contributed by atoms with Crippen LogP contribution >= 0.6 is 12.2 Å². The molecule has 0 fully saturated rings. The smallest absolute Gasteiger partial charge is 0.226 e. The molecule has 0 aromatic heterocycles. The van der Waals surface area contributed by atoms with E-state index in [1.807, 2.05) is 32.9 Å². The SMILES string of the molecule is CC(=O)Nc1cc(NC(=S)NC(=O)CC(C)C)ccc1C. The summed E-state index contributed by atoms with van der Waals surface area (Å²) in [5.74, 6) is 0.0262. The van der Waals surface area contributed by atoms with Crippen LogP contribution in [0.4, 0.5) is 11.4 Å². The van der Waals surface area contributed by atoms with Crippen molar-refractivity contribution in [2.24, 2.45) is 5.92 Å². The second-order valence-electron chi connectivity index (χ2n) is 5.31. The van der Waals surface area contributed by atoms with E-state index in [2.05, 4.69) is 16.0 Å². The van der Waals surface area contributed by atoms with Crippen molar-refractivity contribution in [1.29, 1.82) is 0 Å². The monoisotopic (exact) mass is 307 g/mol. The van der Waals surface area contributed by atoms with Gasteiger partial charge in [-0.25, -0.2) is 0 Å². The number of thiocarbonyl (C=S) groups is 1. The highest BCUT2D eigenvalue weighted by atomic mass is 32.1. The Balaban J connectivity index is 2.68. The second kappa shape index (κ2) is 7.73. The summed E-state index contributed by atoms with van der Waals surface area (Å²) >= 11 is 5.10. The molecule has 1 aromatic carbocycles. The number of carbonyl (C=O) groups excluding carboxylic acids is 2. The third kappa shape index (κ3) is 6.35. The molecule has 21 heavy (non-hydrogen) atoms. The van der Waals surface area contributed by atoms with Crippen molar-refractivity contribution in [2.45, 2.75) is 34.1 Å². The Morgan fingerprint density at radius 3 is 2.48 bits per heavy atom. The summed E-state index contributed by atoms with van der Waals surface area (Å²) in [5.41, 5.74) is 2.37. The minimum absolute atomic E-state index is 0.114. The summed E-state index contributed by atoms with van der Waals surface area (Å²) in [7, 11) is 0. The van der Waals surface area contributed by atoms with Crippen LogP contribution in [0.5, 0.6) is 0 Å². The molecule has 5 nitrogen and oxygen atoms in total. The van der Waals surface area contributed by atoms with Gasteiger partial charge in [-0.3, -0.25) is 9.59 Å². The molecular weight excluding hydrogens is 286 g/mol. The number of aryl methyl sites for hydroxylation is 1. The average molecular weight is 307 g/mol. The number of carbonyl (C=O) groups is 2. The zero-order chi connectivity index (χ0) is 16.0. The highest BCUT2D eigenvalue weighted by Gasteiger charge is 2.08. The molecule has 0 aliphatic carbocycles. The van der Waals surface area contributed by atoms with E-state index in [4.69, 9.17) is 12.2 Å². The topological polar surface area (TPSA) is 70.2 Å². The molecule has 0 spiro atoms. The molecule has 3 N–H and O–H groups in total. The molecule has 114 valence electrons. The largest absolute Gasteiger partial charge is 0.332 e. The predicted molar refractivity (Wildman–Crippen MR) is 89.3 cm³/mol. The van der Waals surface area contributed by atoms with E-state index < -0.39 is 0 Å². The van der Waals surface area contributed by atoms with Crippen LogP contribution in [-0.2, 0) is 9.59 Å². The maximum Gasteiger partial charge on any atom is 0.226 e. The molecule has 0 heterocycles. The van der Waals surface area contributed by atoms with E-state index in [9.17, 15) is 9.59 Å². The Kier molecular flexibility index (Phi) is 6.30. The van der Waals surface area contributed by atoms with Crippen molar-refractivity contribution < 1.29 is 9.59 Å². The summed E-state index contributed by atoms with van der Waals surface area (Å²) in [6, 6.07) is 5.48. The lowest BCUT2D eigenvalue weighted by atomic mass is 10.1. The number of rotatable bonds is 4. The molecule has 0 saturated carbocycles. The van der Waals surface area contributed by atoms with Crippen molar-refractivity contribution in [1.82, 2.24) is 5.32 Å². The average Bonchev–Trinajstić information content (AvgIpc) is 2.31. The molecule has 0 unspecified atom stereocenters. The van der Waals surface area contributed by atoms with Gasteiger partial charge in [0.1, 0.15) is 0 Å². The van der Waals surface area contributed by atoms with Crippen LogP contribution in [0.2, 0.25) is 0 Å². The first-order chi connectivity index (χ1) is 9.77. The van der Waals surface area contributed by atoms with E-state index in [-0.39, 0.29) is 22.8 Å². The molecule has 2 amide bonds. The Morgan fingerprint density at radius 1 is 1.24 bits per heavy atom. The van der Waals surface area contributed by atoms with Gasteiger partial charge in [0.15, 0.2) is 5.11 Å². The van der Waals surface area contributed by atoms with Gasteiger partial charge >= 0.3 is 0 Å².